The summed E-state index contributed by atoms with van der Waals surface area (Å²) in [7, 11) is 0. The second kappa shape index (κ2) is 4.49. The third-order valence-corrected chi connectivity index (χ3v) is 3.33. The van der Waals surface area contributed by atoms with Crippen LogP contribution in [0.25, 0.3) is 28.4 Å². The third kappa shape index (κ3) is 1.95. The fourth-order valence-corrected chi connectivity index (χ4v) is 2.28. The Hall–Kier alpha value is -3.08. The zero-order chi connectivity index (χ0) is 14.2. The van der Waals surface area contributed by atoms with E-state index < -0.39 is 0 Å². The van der Waals surface area contributed by atoms with Crippen molar-refractivity contribution in [3.8, 4) is 28.5 Å². The summed E-state index contributed by atoms with van der Waals surface area (Å²) in [5, 5.41) is 9.36. The van der Waals surface area contributed by atoms with E-state index in [4.69, 9.17) is 4.42 Å². The van der Waals surface area contributed by atoms with Crippen LogP contribution in [0.3, 0.4) is 0 Å². The zero-order valence-corrected chi connectivity index (χ0v) is 11.0. The molecule has 4 aromatic rings. The van der Waals surface area contributed by atoms with E-state index in [-0.39, 0.29) is 5.75 Å². The summed E-state index contributed by atoms with van der Waals surface area (Å²) in [5.41, 5.74) is 3.35. The van der Waals surface area contributed by atoms with Crippen LogP contribution in [0.4, 0.5) is 0 Å². The molecule has 3 aromatic heterocycles. The van der Waals surface area contributed by atoms with Gasteiger partial charge in [0.25, 0.3) is 0 Å². The van der Waals surface area contributed by atoms with Crippen LogP contribution >= 0.6 is 0 Å². The molecule has 0 unspecified atom stereocenters. The number of imidazole rings is 1. The number of rotatable bonds is 2. The van der Waals surface area contributed by atoms with Crippen molar-refractivity contribution in [2.24, 2.45) is 0 Å². The van der Waals surface area contributed by atoms with Gasteiger partial charge in [0.15, 0.2) is 11.4 Å². The molecule has 0 bridgehead atoms. The first kappa shape index (κ1) is 11.7. The number of nitrogens with zero attached hydrogens (tertiary/aromatic N) is 3. The molecule has 0 aliphatic carbocycles. The van der Waals surface area contributed by atoms with Gasteiger partial charge in [-0.25, -0.2) is 4.98 Å². The number of hydrogen-bond acceptors (Lipinski definition) is 4. The summed E-state index contributed by atoms with van der Waals surface area (Å²) in [5.74, 6) is 0.990. The van der Waals surface area contributed by atoms with E-state index in [1.54, 1.807) is 30.8 Å². The molecule has 0 aliphatic rings. The molecular weight excluding hydrogens is 266 g/mol. The van der Waals surface area contributed by atoms with Gasteiger partial charge in [-0.15, -0.1) is 0 Å². The lowest BCUT2D eigenvalue weighted by Crippen LogP contribution is -1.92. The average Bonchev–Trinajstić information content (AvgIpc) is 3.16. The molecule has 0 fully saturated rings. The fraction of sp³-hybridized carbons (Fsp3) is 0. The van der Waals surface area contributed by atoms with Crippen molar-refractivity contribution in [1.29, 1.82) is 0 Å². The molecule has 0 aliphatic heterocycles. The molecule has 3 heterocycles. The van der Waals surface area contributed by atoms with Gasteiger partial charge in [0.05, 0.1) is 24.4 Å². The predicted octanol–water partition coefficient (Wildman–Crippen LogP) is 3.36. The number of aromatic nitrogens is 3. The predicted molar refractivity (Wildman–Crippen MR) is 77.8 cm³/mol. The second-order valence-corrected chi connectivity index (χ2v) is 4.67. The minimum atomic E-state index is 0.235. The first-order chi connectivity index (χ1) is 10.3. The van der Waals surface area contributed by atoms with Crippen molar-refractivity contribution in [1.82, 2.24) is 14.4 Å². The van der Waals surface area contributed by atoms with Crippen molar-refractivity contribution < 1.29 is 9.52 Å². The van der Waals surface area contributed by atoms with Gasteiger partial charge in [0.1, 0.15) is 11.4 Å². The monoisotopic (exact) mass is 277 g/mol. The van der Waals surface area contributed by atoms with Gasteiger partial charge in [-0.1, -0.05) is 0 Å². The summed E-state index contributed by atoms with van der Waals surface area (Å²) in [6.45, 7) is 0. The maximum absolute atomic E-state index is 9.36. The van der Waals surface area contributed by atoms with Crippen LogP contribution < -0.4 is 0 Å². The highest BCUT2D eigenvalue weighted by atomic mass is 16.3. The van der Waals surface area contributed by atoms with Gasteiger partial charge in [-0.05, 0) is 36.4 Å². The van der Waals surface area contributed by atoms with E-state index in [2.05, 4.69) is 9.97 Å². The van der Waals surface area contributed by atoms with Gasteiger partial charge in [-0.2, -0.15) is 0 Å². The third-order valence-electron chi connectivity index (χ3n) is 3.33. The number of furan rings is 1. The molecule has 0 radical (unpaired) electrons. The molecule has 102 valence electrons. The standard InChI is InChI=1S/C16H11N3O2/c20-12-5-3-11(4-6-12)13-10-19-14(15-2-1-7-21-15)8-18-16(19)9-17-13/h1-10,20H. The SMILES string of the molecule is Oc1ccc(-c2cn3c(-c4ccco4)cnc3cn2)cc1. The maximum Gasteiger partial charge on any atom is 0.155 e. The van der Waals surface area contributed by atoms with Crippen LogP contribution in [0, 0.1) is 0 Å². The smallest absolute Gasteiger partial charge is 0.155 e. The van der Waals surface area contributed by atoms with Crippen molar-refractivity contribution in [3.63, 3.8) is 0 Å². The Morgan fingerprint density at radius 2 is 1.86 bits per heavy atom. The largest absolute Gasteiger partial charge is 0.508 e. The van der Waals surface area contributed by atoms with Gasteiger partial charge < -0.3 is 9.52 Å². The first-order valence-electron chi connectivity index (χ1n) is 6.48. The van der Waals surface area contributed by atoms with Gasteiger partial charge in [0, 0.05) is 11.8 Å². The van der Waals surface area contributed by atoms with Gasteiger partial charge in [-0.3, -0.25) is 9.38 Å². The zero-order valence-electron chi connectivity index (χ0n) is 11.0. The van der Waals surface area contributed by atoms with Crippen LogP contribution in [-0.2, 0) is 0 Å². The molecule has 0 saturated carbocycles. The minimum absolute atomic E-state index is 0.235. The number of phenols is 1. The van der Waals surface area contributed by atoms with Crippen LogP contribution in [0.1, 0.15) is 0 Å². The second-order valence-electron chi connectivity index (χ2n) is 4.67. The van der Waals surface area contributed by atoms with Crippen LogP contribution in [0.2, 0.25) is 0 Å². The lowest BCUT2D eigenvalue weighted by molar-refractivity contribution is 0.475. The van der Waals surface area contributed by atoms with Crippen molar-refractivity contribution >= 4 is 5.65 Å². The molecule has 0 spiro atoms. The summed E-state index contributed by atoms with van der Waals surface area (Å²) < 4.78 is 7.37. The number of fused-ring (bicyclic) bond motifs is 1. The number of hydrogen-bond donors (Lipinski definition) is 1. The number of benzene rings is 1. The molecule has 0 atom stereocenters. The molecule has 21 heavy (non-hydrogen) atoms. The molecule has 4 rings (SSSR count). The fourth-order valence-electron chi connectivity index (χ4n) is 2.28. The first-order valence-corrected chi connectivity index (χ1v) is 6.48. The highest BCUT2D eigenvalue weighted by Crippen LogP contribution is 2.24. The molecule has 0 saturated heterocycles. The average molecular weight is 277 g/mol. The van der Waals surface area contributed by atoms with E-state index in [0.29, 0.717) is 0 Å². The summed E-state index contributed by atoms with van der Waals surface area (Å²) in [6, 6.07) is 10.7. The Morgan fingerprint density at radius 1 is 1.00 bits per heavy atom. The number of phenolic OH excluding ortho intramolecular Hbond substituents is 1. The summed E-state index contributed by atoms with van der Waals surface area (Å²) in [4.78, 5) is 8.73. The van der Waals surface area contributed by atoms with Crippen molar-refractivity contribution in [3.05, 3.63) is 61.3 Å². The normalized spacial score (nSPS) is 11.0. The van der Waals surface area contributed by atoms with Crippen LogP contribution in [0.15, 0.2) is 65.7 Å². The Labute approximate surface area is 120 Å². The van der Waals surface area contributed by atoms with E-state index in [9.17, 15) is 5.11 Å². The van der Waals surface area contributed by atoms with E-state index >= 15 is 0 Å². The number of aromatic hydroxyl groups is 1. The molecule has 5 heteroatoms. The summed E-state index contributed by atoms with van der Waals surface area (Å²) >= 11 is 0. The van der Waals surface area contributed by atoms with E-state index in [1.165, 1.54) is 0 Å². The quantitative estimate of drug-likeness (QED) is 0.610. The lowest BCUT2D eigenvalue weighted by Gasteiger charge is -2.04. The molecule has 0 amide bonds. The van der Waals surface area contributed by atoms with E-state index in [1.807, 2.05) is 34.9 Å². The molecular formula is C16H11N3O2. The van der Waals surface area contributed by atoms with Gasteiger partial charge >= 0.3 is 0 Å². The maximum atomic E-state index is 9.36. The Kier molecular flexibility index (Phi) is 2.50. The lowest BCUT2D eigenvalue weighted by atomic mass is 10.1. The molecule has 1 N–H and O–H groups in total. The van der Waals surface area contributed by atoms with Crippen LogP contribution in [0.5, 0.6) is 5.75 Å². The molecule has 5 nitrogen and oxygen atoms in total. The minimum Gasteiger partial charge on any atom is -0.508 e. The highest BCUT2D eigenvalue weighted by Gasteiger charge is 2.10. The van der Waals surface area contributed by atoms with E-state index in [0.717, 1.165) is 28.4 Å². The van der Waals surface area contributed by atoms with Crippen molar-refractivity contribution in [2.45, 2.75) is 0 Å². The summed E-state index contributed by atoms with van der Waals surface area (Å²) in [6.07, 6.45) is 7.02. The van der Waals surface area contributed by atoms with Crippen molar-refractivity contribution in [2.75, 3.05) is 0 Å². The molecule has 1 aromatic carbocycles. The topological polar surface area (TPSA) is 63.6 Å². The Bertz CT molecular complexity index is 893. The Morgan fingerprint density at radius 3 is 2.62 bits per heavy atom. The van der Waals surface area contributed by atoms with Gasteiger partial charge in [0.2, 0.25) is 0 Å². The highest BCUT2D eigenvalue weighted by molar-refractivity contribution is 5.64. The Balaban J connectivity index is 1.89. The van der Waals surface area contributed by atoms with Crippen LogP contribution in [-0.4, -0.2) is 19.5 Å².